The Labute approximate surface area is 125 Å². The van der Waals surface area contributed by atoms with E-state index in [0.717, 1.165) is 19.3 Å². The van der Waals surface area contributed by atoms with E-state index in [1.54, 1.807) is 0 Å². The number of benzene rings is 1. The van der Waals surface area contributed by atoms with Gasteiger partial charge in [0.1, 0.15) is 0 Å². The van der Waals surface area contributed by atoms with E-state index >= 15 is 0 Å². The highest BCUT2D eigenvalue weighted by atomic mass is 16.2. The number of carbonyl (C=O) groups excluding carboxylic acids is 1. The molecule has 1 aliphatic rings. The Bertz CT molecular complexity index is 626. The van der Waals surface area contributed by atoms with Crippen molar-refractivity contribution in [3.8, 4) is 0 Å². The van der Waals surface area contributed by atoms with E-state index in [9.17, 15) is 4.79 Å². The molecule has 0 spiro atoms. The number of nitrogens with one attached hydrogen (secondary N) is 3. The third kappa shape index (κ3) is 3.57. The van der Waals surface area contributed by atoms with Crippen LogP contribution in [-0.4, -0.2) is 23.6 Å². The van der Waals surface area contributed by atoms with E-state index in [2.05, 4.69) is 46.8 Å². The minimum Gasteiger partial charge on any atom is -0.359 e. The number of aromatic amines is 1. The highest BCUT2D eigenvalue weighted by Gasteiger charge is 2.16. The maximum Gasteiger partial charge on any atom is 0.315 e. The van der Waals surface area contributed by atoms with Crippen LogP contribution in [-0.2, 0) is 6.42 Å². The highest BCUT2D eigenvalue weighted by Crippen LogP contribution is 2.18. The standard InChI is InChI=1S/C17H23N3O/c1-12-10-14-11-13(6-7-16(14)19-12)8-9-18-17(21)20-15-4-2-3-5-15/h6-7,10-11,15,19H,2-5,8-9H2,1H3,(H2,18,20,21). The lowest BCUT2D eigenvalue weighted by Crippen LogP contribution is -2.41. The van der Waals surface area contributed by atoms with Crippen LogP contribution >= 0.6 is 0 Å². The first-order valence-electron chi connectivity index (χ1n) is 7.83. The topological polar surface area (TPSA) is 56.9 Å². The van der Waals surface area contributed by atoms with Crippen LogP contribution < -0.4 is 10.6 Å². The van der Waals surface area contributed by atoms with Crippen LogP contribution in [0.1, 0.15) is 36.9 Å². The van der Waals surface area contributed by atoms with Crippen LogP contribution in [0.25, 0.3) is 10.9 Å². The Balaban J connectivity index is 1.48. The molecule has 1 aromatic carbocycles. The normalized spacial score (nSPS) is 15.5. The summed E-state index contributed by atoms with van der Waals surface area (Å²) in [5, 5.41) is 7.23. The first-order chi connectivity index (χ1) is 10.2. The molecule has 1 fully saturated rings. The monoisotopic (exact) mass is 285 g/mol. The van der Waals surface area contributed by atoms with Gasteiger partial charge in [-0.05, 0) is 55.3 Å². The van der Waals surface area contributed by atoms with Crippen molar-refractivity contribution < 1.29 is 4.79 Å². The molecule has 0 bridgehead atoms. The number of urea groups is 1. The van der Waals surface area contributed by atoms with Crippen molar-refractivity contribution in [3.63, 3.8) is 0 Å². The van der Waals surface area contributed by atoms with Gasteiger partial charge in [-0.1, -0.05) is 18.9 Å². The van der Waals surface area contributed by atoms with E-state index < -0.39 is 0 Å². The molecule has 0 unspecified atom stereocenters. The number of rotatable bonds is 4. The second-order valence-electron chi connectivity index (χ2n) is 6.01. The highest BCUT2D eigenvalue weighted by molar-refractivity contribution is 5.81. The molecule has 1 heterocycles. The summed E-state index contributed by atoms with van der Waals surface area (Å²) in [7, 11) is 0. The van der Waals surface area contributed by atoms with Crippen molar-refractivity contribution >= 4 is 16.9 Å². The van der Waals surface area contributed by atoms with E-state index in [-0.39, 0.29) is 6.03 Å². The summed E-state index contributed by atoms with van der Waals surface area (Å²) in [5.74, 6) is 0. The lowest BCUT2D eigenvalue weighted by molar-refractivity contribution is 0.237. The molecule has 112 valence electrons. The number of H-pyrrole nitrogens is 1. The van der Waals surface area contributed by atoms with Crippen molar-refractivity contribution in [2.24, 2.45) is 0 Å². The number of hydrogen-bond acceptors (Lipinski definition) is 1. The van der Waals surface area contributed by atoms with Crippen LogP contribution in [0.4, 0.5) is 4.79 Å². The number of carbonyl (C=O) groups is 1. The van der Waals surface area contributed by atoms with E-state index in [1.165, 1.54) is 35.0 Å². The maximum atomic E-state index is 11.8. The predicted octanol–water partition coefficient (Wildman–Crippen LogP) is 3.26. The predicted molar refractivity (Wildman–Crippen MR) is 85.5 cm³/mol. The van der Waals surface area contributed by atoms with E-state index in [1.807, 2.05) is 0 Å². The molecular formula is C17H23N3O. The molecule has 4 nitrogen and oxygen atoms in total. The fourth-order valence-corrected chi connectivity index (χ4v) is 3.11. The summed E-state index contributed by atoms with van der Waals surface area (Å²) in [6.45, 7) is 2.74. The van der Waals surface area contributed by atoms with Crippen LogP contribution in [0.2, 0.25) is 0 Å². The van der Waals surface area contributed by atoms with Gasteiger partial charge in [-0.25, -0.2) is 4.79 Å². The molecule has 2 aromatic rings. The molecule has 0 saturated heterocycles. The Kier molecular flexibility index (Phi) is 4.13. The molecule has 2 amide bonds. The van der Waals surface area contributed by atoms with Crippen molar-refractivity contribution in [3.05, 3.63) is 35.5 Å². The van der Waals surface area contributed by atoms with Crippen LogP contribution in [0.5, 0.6) is 0 Å². The summed E-state index contributed by atoms with van der Waals surface area (Å²) >= 11 is 0. The summed E-state index contributed by atoms with van der Waals surface area (Å²) in [4.78, 5) is 15.1. The molecule has 3 N–H and O–H groups in total. The number of amides is 2. The van der Waals surface area contributed by atoms with Crippen LogP contribution in [0.15, 0.2) is 24.3 Å². The maximum absolute atomic E-state index is 11.8. The third-order valence-corrected chi connectivity index (χ3v) is 4.21. The quantitative estimate of drug-likeness (QED) is 0.793. The number of hydrogen-bond donors (Lipinski definition) is 3. The average molecular weight is 285 g/mol. The van der Waals surface area contributed by atoms with Gasteiger partial charge in [0, 0.05) is 23.8 Å². The Hall–Kier alpha value is -1.97. The molecule has 1 aromatic heterocycles. The van der Waals surface area contributed by atoms with Gasteiger partial charge in [-0.3, -0.25) is 0 Å². The number of fused-ring (bicyclic) bond motifs is 1. The van der Waals surface area contributed by atoms with E-state index in [0.29, 0.717) is 12.6 Å². The Morgan fingerprint density at radius 2 is 2.10 bits per heavy atom. The summed E-state index contributed by atoms with van der Waals surface area (Å²) in [5.41, 5.74) is 3.60. The molecule has 1 aliphatic carbocycles. The lowest BCUT2D eigenvalue weighted by atomic mass is 10.1. The largest absolute Gasteiger partial charge is 0.359 e. The fraction of sp³-hybridized carbons (Fsp3) is 0.471. The Morgan fingerprint density at radius 1 is 1.29 bits per heavy atom. The SMILES string of the molecule is Cc1cc2cc(CCNC(=O)NC3CCCC3)ccc2[nH]1. The second kappa shape index (κ2) is 6.20. The Morgan fingerprint density at radius 3 is 2.90 bits per heavy atom. The van der Waals surface area contributed by atoms with Gasteiger partial charge in [0.25, 0.3) is 0 Å². The minimum absolute atomic E-state index is 0.0273. The van der Waals surface area contributed by atoms with Gasteiger partial charge in [0.05, 0.1) is 0 Å². The van der Waals surface area contributed by atoms with Crippen LogP contribution in [0.3, 0.4) is 0 Å². The molecule has 0 aliphatic heterocycles. The molecular weight excluding hydrogens is 262 g/mol. The van der Waals surface area contributed by atoms with Gasteiger partial charge in [0.2, 0.25) is 0 Å². The van der Waals surface area contributed by atoms with Crippen LogP contribution in [0, 0.1) is 6.92 Å². The lowest BCUT2D eigenvalue weighted by Gasteiger charge is -2.12. The fourth-order valence-electron chi connectivity index (χ4n) is 3.11. The summed E-state index contributed by atoms with van der Waals surface area (Å²) in [6.07, 6.45) is 5.58. The van der Waals surface area contributed by atoms with Gasteiger partial charge in [-0.15, -0.1) is 0 Å². The minimum atomic E-state index is -0.0273. The summed E-state index contributed by atoms with van der Waals surface area (Å²) in [6, 6.07) is 8.92. The molecule has 4 heteroatoms. The summed E-state index contributed by atoms with van der Waals surface area (Å²) < 4.78 is 0. The van der Waals surface area contributed by atoms with Gasteiger partial charge >= 0.3 is 6.03 Å². The first-order valence-corrected chi connectivity index (χ1v) is 7.83. The van der Waals surface area contributed by atoms with E-state index in [4.69, 9.17) is 0 Å². The van der Waals surface area contributed by atoms with Gasteiger partial charge < -0.3 is 15.6 Å². The molecule has 3 rings (SSSR count). The zero-order valence-corrected chi connectivity index (χ0v) is 12.5. The molecule has 0 radical (unpaired) electrons. The average Bonchev–Trinajstić information content (AvgIpc) is 3.06. The molecule has 21 heavy (non-hydrogen) atoms. The second-order valence-corrected chi connectivity index (χ2v) is 6.01. The third-order valence-electron chi connectivity index (χ3n) is 4.21. The zero-order valence-electron chi connectivity index (χ0n) is 12.5. The van der Waals surface area contributed by atoms with Crippen molar-refractivity contribution in [2.45, 2.75) is 45.1 Å². The molecule has 1 saturated carbocycles. The number of aryl methyl sites for hydroxylation is 1. The molecule has 0 atom stereocenters. The number of aromatic nitrogens is 1. The van der Waals surface area contributed by atoms with Gasteiger partial charge in [0.15, 0.2) is 0 Å². The van der Waals surface area contributed by atoms with Crippen molar-refractivity contribution in [1.82, 2.24) is 15.6 Å². The smallest absolute Gasteiger partial charge is 0.315 e. The van der Waals surface area contributed by atoms with Crippen molar-refractivity contribution in [1.29, 1.82) is 0 Å². The van der Waals surface area contributed by atoms with Gasteiger partial charge in [-0.2, -0.15) is 0 Å². The zero-order chi connectivity index (χ0) is 14.7. The van der Waals surface area contributed by atoms with Crippen molar-refractivity contribution in [2.75, 3.05) is 6.54 Å². The first kappa shape index (κ1) is 14.0.